The molecule has 1 fully saturated rings. The Kier molecular flexibility index (Phi) is 3.38. The molecule has 1 aliphatic heterocycles. The molecular weight excluding hydrogens is 258 g/mol. The van der Waals surface area contributed by atoms with Crippen molar-refractivity contribution in [2.24, 2.45) is 5.92 Å². The number of halogens is 1. The summed E-state index contributed by atoms with van der Waals surface area (Å²) in [4.78, 5) is 11.3. The van der Waals surface area contributed by atoms with Crippen LogP contribution in [0.3, 0.4) is 0 Å². The molecule has 2 heterocycles. The van der Waals surface area contributed by atoms with E-state index >= 15 is 0 Å². The van der Waals surface area contributed by atoms with Crippen LogP contribution in [0.15, 0.2) is 36.4 Å². The van der Waals surface area contributed by atoms with Crippen molar-refractivity contribution < 1.29 is 0 Å². The lowest BCUT2D eigenvalue weighted by Crippen LogP contribution is -2.20. The molecule has 1 aromatic heterocycles. The summed E-state index contributed by atoms with van der Waals surface area (Å²) in [7, 11) is 0. The van der Waals surface area contributed by atoms with E-state index in [0.717, 1.165) is 24.5 Å². The molecule has 1 aromatic carbocycles. The molecule has 0 radical (unpaired) electrons. The quantitative estimate of drug-likeness (QED) is 0.782. The fourth-order valence-electron chi connectivity index (χ4n) is 2.43. The van der Waals surface area contributed by atoms with Crippen LogP contribution in [-0.2, 0) is 0 Å². The number of aromatic nitrogens is 2. The first-order valence-corrected chi connectivity index (χ1v) is 6.95. The van der Waals surface area contributed by atoms with E-state index in [1.165, 1.54) is 6.42 Å². The Balaban J connectivity index is 1.97. The van der Waals surface area contributed by atoms with E-state index in [-0.39, 0.29) is 0 Å². The van der Waals surface area contributed by atoms with Crippen LogP contribution in [0, 0.1) is 5.92 Å². The zero-order chi connectivity index (χ0) is 13.2. The number of benzene rings is 1. The van der Waals surface area contributed by atoms with Gasteiger partial charge in [0.25, 0.3) is 0 Å². The van der Waals surface area contributed by atoms with Gasteiger partial charge in [-0.3, -0.25) is 0 Å². The molecule has 1 saturated heterocycles. The normalized spacial score (nSPS) is 18.8. The minimum absolute atomic E-state index is 0.503. The Bertz CT molecular complexity index is 571. The standard InChI is InChI=1S/C15H16ClN3/c1-11-7-8-19(10-11)14-9-13(16)17-15(18-14)12-5-3-2-4-6-12/h2-6,9,11H,7-8,10H2,1H3. The zero-order valence-corrected chi connectivity index (χ0v) is 11.6. The minimum atomic E-state index is 0.503. The molecular formula is C15H16ClN3. The third kappa shape index (κ3) is 2.71. The maximum Gasteiger partial charge on any atom is 0.163 e. The van der Waals surface area contributed by atoms with Crippen molar-refractivity contribution in [2.75, 3.05) is 18.0 Å². The van der Waals surface area contributed by atoms with Gasteiger partial charge in [-0.05, 0) is 12.3 Å². The van der Waals surface area contributed by atoms with Gasteiger partial charge in [0.05, 0.1) is 0 Å². The second-order valence-electron chi connectivity index (χ2n) is 5.08. The average Bonchev–Trinajstić information content (AvgIpc) is 2.86. The number of nitrogens with zero attached hydrogens (tertiary/aromatic N) is 3. The summed E-state index contributed by atoms with van der Waals surface area (Å²) in [5, 5.41) is 0.503. The molecule has 0 spiro atoms. The SMILES string of the molecule is CC1CCN(c2cc(Cl)nc(-c3ccccc3)n2)C1. The van der Waals surface area contributed by atoms with Gasteiger partial charge < -0.3 is 4.90 Å². The third-order valence-electron chi connectivity index (χ3n) is 3.46. The van der Waals surface area contributed by atoms with Crippen molar-refractivity contribution in [3.8, 4) is 11.4 Å². The van der Waals surface area contributed by atoms with Crippen LogP contribution in [0.25, 0.3) is 11.4 Å². The van der Waals surface area contributed by atoms with Gasteiger partial charge in [0.1, 0.15) is 11.0 Å². The van der Waals surface area contributed by atoms with Gasteiger partial charge in [-0.2, -0.15) is 0 Å². The Hall–Kier alpha value is -1.61. The molecule has 98 valence electrons. The molecule has 4 heteroatoms. The minimum Gasteiger partial charge on any atom is -0.356 e. The summed E-state index contributed by atoms with van der Waals surface area (Å²) in [5.41, 5.74) is 0.999. The van der Waals surface area contributed by atoms with Crippen LogP contribution in [0.2, 0.25) is 5.15 Å². The fraction of sp³-hybridized carbons (Fsp3) is 0.333. The first-order chi connectivity index (χ1) is 9.22. The van der Waals surface area contributed by atoms with Crippen LogP contribution in [-0.4, -0.2) is 23.1 Å². The molecule has 2 aromatic rings. The van der Waals surface area contributed by atoms with E-state index in [1.807, 2.05) is 36.4 Å². The highest BCUT2D eigenvalue weighted by Crippen LogP contribution is 2.26. The monoisotopic (exact) mass is 273 g/mol. The van der Waals surface area contributed by atoms with Gasteiger partial charge in [-0.25, -0.2) is 9.97 Å². The average molecular weight is 274 g/mol. The summed E-state index contributed by atoms with van der Waals surface area (Å²) in [6, 6.07) is 11.8. The first-order valence-electron chi connectivity index (χ1n) is 6.57. The lowest BCUT2D eigenvalue weighted by atomic mass is 10.2. The zero-order valence-electron chi connectivity index (χ0n) is 10.9. The van der Waals surface area contributed by atoms with Crippen LogP contribution < -0.4 is 4.90 Å². The predicted octanol–water partition coefficient (Wildman–Crippen LogP) is 3.64. The molecule has 3 nitrogen and oxygen atoms in total. The number of hydrogen-bond acceptors (Lipinski definition) is 3. The predicted molar refractivity (Wildman–Crippen MR) is 78.5 cm³/mol. The fourth-order valence-corrected chi connectivity index (χ4v) is 2.60. The number of hydrogen-bond donors (Lipinski definition) is 0. The second-order valence-corrected chi connectivity index (χ2v) is 5.47. The molecule has 1 atom stereocenters. The van der Waals surface area contributed by atoms with E-state index < -0.39 is 0 Å². The van der Waals surface area contributed by atoms with E-state index in [9.17, 15) is 0 Å². The Morgan fingerprint density at radius 3 is 2.68 bits per heavy atom. The van der Waals surface area contributed by atoms with E-state index in [4.69, 9.17) is 11.6 Å². The summed E-state index contributed by atoms with van der Waals surface area (Å²) < 4.78 is 0. The second kappa shape index (κ2) is 5.17. The number of anilines is 1. The van der Waals surface area contributed by atoms with Crippen molar-refractivity contribution in [1.82, 2.24) is 9.97 Å². The molecule has 0 amide bonds. The topological polar surface area (TPSA) is 29.0 Å². The van der Waals surface area contributed by atoms with Crippen molar-refractivity contribution in [3.63, 3.8) is 0 Å². The lowest BCUT2D eigenvalue weighted by molar-refractivity contribution is 0.659. The number of rotatable bonds is 2. The van der Waals surface area contributed by atoms with Gasteiger partial charge in [-0.1, -0.05) is 48.9 Å². The molecule has 19 heavy (non-hydrogen) atoms. The van der Waals surface area contributed by atoms with E-state index in [2.05, 4.69) is 21.8 Å². The van der Waals surface area contributed by atoms with Crippen molar-refractivity contribution in [1.29, 1.82) is 0 Å². The smallest absolute Gasteiger partial charge is 0.163 e. The maximum atomic E-state index is 6.14. The van der Waals surface area contributed by atoms with Crippen molar-refractivity contribution in [3.05, 3.63) is 41.6 Å². The van der Waals surface area contributed by atoms with Crippen LogP contribution >= 0.6 is 11.6 Å². The van der Waals surface area contributed by atoms with Crippen LogP contribution in [0.1, 0.15) is 13.3 Å². The third-order valence-corrected chi connectivity index (χ3v) is 3.65. The Morgan fingerprint density at radius 1 is 1.21 bits per heavy atom. The molecule has 0 N–H and O–H groups in total. The van der Waals surface area contributed by atoms with E-state index in [1.54, 1.807) is 0 Å². The molecule has 0 aliphatic carbocycles. The molecule has 3 rings (SSSR count). The highest BCUT2D eigenvalue weighted by atomic mass is 35.5. The first kappa shape index (κ1) is 12.4. The van der Waals surface area contributed by atoms with Gasteiger partial charge >= 0.3 is 0 Å². The summed E-state index contributed by atoms with van der Waals surface area (Å²) in [5.74, 6) is 2.35. The van der Waals surface area contributed by atoms with Crippen molar-refractivity contribution in [2.45, 2.75) is 13.3 Å². The van der Waals surface area contributed by atoms with Gasteiger partial charge in [0, 0.05) is 24.7 Å². The van der Waals surface area contributed by atoms with Gasteiger partial charge in [0.2, 0.25) is 0 Å². The summed E-state index contributed by atoms with van der Waals surface area (Å²) in [6.07, 6.45) is 1.21. The van der Waals surface area contributed by atoms with Crippen LogP contribution in [0.4, 0.5) is 5.82 Å². The summed E-state index contributed by atoms with van der Waals surface area (Å²) >= 11 is 6.14. The highest BCUT2D eigenvalue weighted by Gasteiger charge is 2.21. The Labute approximate surface area is 118 Å². The highest BCUT2D eigenvalue weighted by molar-refractivity contribution is 6.29. The molecule has 1 aliphatic rings. The Morgan fingerprint density at radius 2 is 2.00 bits per heavy atom. The molecule has 0 saturated carbocycles. The maximum absolute atomic E-state index is 6.14. The molecule has 1 unspecified atom stereocenters. The van der Waals surface area contributed by atoms with Gasteiger partial charge in [-0.15, -0.1) is 0 Å². The van der Waals surface area contributed by atoms with E-state index in [0.29, 0.717) is 16.9 Å². The van der Waals surface area contributed by atoms with Crippen LogP contribution in [0.5, 0.6) is 0 Å². The summed E-state index contributed by atoms with van der Waals surface area (Å²) in [6.45, 7) is 4.35. The lowest BCUT2D eigenvalue weighted by Gasteiger charge is -2.17. The largest absolute Gasteiger partial charge is 0.356 e. The molecule has 0 bridgehead atoms. The van der Waals surface area contributed by atoms with Crippen molar-refractivity contribution >= 4 is 17.4 Å². The van der Waals surface area contributed by atoms with Gasteiger partial charge in [0.15, 0.2) is 5.82 Å².